The van der Waals surface area contributed by atoms with Crippen molar-refractivity contribution in [1.82, 2.24) is 0 Å². The molecular weight excluding hydrogens is 136 g/mol. The van der Waals surface area contributed by atoms with Crippen LogP contribution in [0.5, 0.6) is 0 Å². The topological polar surface area (TPSA) is 20.2 Å². The largest absolute Gasteiger partial charge is 0.396 e. The molecule has 0 aromatic heterocycles. The van der Waals surface area contributed by atoms with E-state index in [0.717, 1.165) is 18.3 Å². The second-order valence-electron chi connectivity index (χ2n) is 3.87. The van der Waals surface area contributed by atoms with E-state index in [-0.39, 0.29) is 0 Å². The van der Waals surface area contributed by atoms with Gasteiger partial charge < -0.3 is 5.11 Å². The van der Waals surface area contributed by atoms with Crippen LogP contribution in [-0.4, -0.2) is 11.7 Å². The summed E-state index contributed by atoms with van der Waals surface area (Å²) in [6.45, 7) is 0.394. The van der Waals surface area contributed by atoms with Crippen molar-refractivity contribution in [2.75, 3.05) is 6.61 Å². The Morgan fingerprint density at radius 2 is 2.27 bits per heavy atom. The fourth-order valence-electron chi connectivity index (χ4n) is 2.65. The molecule has 0 heterocycles. The summed E-state index contributed by atoms with van der Waals surface area (Å²) < 4.78 is 0. The maximum absolute atomic E-state index is 9.10. The molecule has 1 heteroatoms. The van der Waals surface area contributed by atoms with Crippen molar-refractivity contribution in [2.24, 2.45) is 17.8 Å². The molecule has 2 rings (SSSR count). The predicted molar refractivity (Wildman–Crippen MR) is 45.2 cm³/mol. The number of rotatable bonds is 1. The lowest BCUT2D eigenvalue weighted by Gasteiger charge is -2.28. The molecule has 0 unspecified atom stereocenters. The van der Waals surface area contributed by atoms with Crippen LogP contribution in [0.15, 0.2) is 12.2 Å². The first kappa shape index (κ1) is 7.35. The molecular formula is C10H16O. The Hall–Kier alpha value is -0.300. The molecule has 0 spiro atoms. The lowest BCUT2D eigenvalue weighted by atomic mass is 9.78. The minimum atomic E-state index is 0.394. The molecule has 1 nitrogen and oxygen atoms in total. The fraction of sp³-hybridized carbons (Fsp3) is 0.800. The molecule has 0 aromatic rings. The first-order valence-corrected chi connectivity index (χ1v) is 4.69. The summed E-state index contributed by atoms with van der Waals surface area (Å²) in [7, 11) is 0. The van der Waals surface area contributed by atoms with Gasteiger partial charge in [0, 0.05) is 6.61 Å². The molecule has 0 amide bonds. The summed E-state index contributed by atoms with van der Waals surface area (Å²) in [6, 6.07) is 0. The third-order valence-electron chi connectivity index (χ3n) is 3.29. The van der Waals surface area contributed by atoms with Gasteiger partial charge in [0.25, 0.3) is 0 Å². The van der Waals surface area contributed by atoms with Gasteiger partial charge in [-0.25, -0.2) is 0 Å². The van der Waals surface area contributed by atoms with Gasteiger partial charge in [-0.2, -0.15) is 0 Å². The maximum atomic E-state index is 9.10. The molecule has 1 fully saturated rings. The molecule has 0 radical (unpaired) electrons. The second kappa shape index (κ2) is 2.98. The zero-order valence-corrected chi connectivity index (χ0v) is 6.87. The Morgan fingerprint density at radius 1 is 1.36 bits per heavy atom. The van der Waals surface area contributed by atoms with E-state index in [1.807, 2.05) is 0 Å². The SMILES string of the molecule is OC[C@@H]1CC=C[C@@H]2CCC[C@@H]12. The molecule has 11 heavy (non-hydrogen) atoms. The quantitative estimate of drug-likeness (QED) is 0.569. The molecule has 1 N–H and O–H groups in total. The monoisotopic (exact) mass is 152 g/mol. The molecule has 0 bridgehead atoms. The fourth-order valence-corrected chi connectivity index (χ4v) is 2.65. The van der Waals surface area contributed by atoms with Crippen LogP contribution in [0.4, 0.5) is 0 Å². The van der Waals surface area contributed by atoms with Gasteiger partial charge in [-0.15, -0.1) is 0 Å². The van der Waals surface area contributed by atoms with Crippen LogP contribution in [0.1, 0.15) is 25.7 Å². The van der Waals surface area contributed by atoms with Gasteiger partial charge in [0.05, 0.1) is 0 Å². The van der Waals surface area contributed by atoms with E-state index in [1.165, 1.54) is 19.3 Å². The van der Waals surface area contributed by atoms with E-state index in [4.69, 9.17) is 5.11 Å². The molecule has 2 aliphatic carbocycles. The van der Waals surface area contributed by atoms with E-state index in [1.54, 1.807) is 0 Å². The molecule has 62 valence electrons. The van der Waals surface area contributed by atoms with Gasteiger partial charge in [0.2, 0.25) is 0 Å². The number of hydrogen-bond acceptors (Lipinski definition) is 1. The summed E-state index contributed by atoms with van der Waals surface area (Å²) in [5.74, 6) is 2.19. The van der Waals surface area contributed by atoms with Gasteiger partial charge in [-0.3, -0.25) is 0 Å². The Labute approximate surface area is 68.1 Å². The summed E-state index contributed by atoms with van der Waals surface area (Å²) in [6.07, 6.45) is 9.81. The van der Waals surface area contributed by atoms with Gasteiger partial charge >= 0.3 is 0 Å². The molecule has 3 atom stereocenters. The summed E-state index contributed by atoms with van der Waals surface area (Å²) in [5, 5.41) is 9.10. The van der Waals surface area contributed by atoms with Crippen LogP contribution in [0.3, 0.4) is 0 Å². The normalized spacial score (nSPS) is 42.5. The highest BCUT2D eigenvalue weighted by Crippen LogP contribution is 2.41. The Kier molecular flexibility index (Phi) is 1.99. The van der Waals surface area contributed by atoms with E-state index >= 15 is 0 Å². The van der Waals surface area contributed by atoms with Gasteiger partial charge in [0.15, 0.2) is 0 Å². The van der Waals surface area contributed by atoms with Gasteiger partial charge in [-0.05, 0) is 37.0 Å². The van der Waals surface area contributed by atoms with Crippen LogP contribution in [-0.2, 0) is 0 Å². The van der Waals surface area contributed by atoms with E-state index in [9.17, 15) is 0 Å². The highest BCUT2D eigenvalue weighted by Gasteiger charge is 2.33. The lowest BCUT2D eigenvalue weighted by Crippen LogP contribution is -2.23. The van der Waals surface area contributed by atoms with E-state index in [2.05, 4.69) is 12.2 Å². The molecule has 1 saturated carbocycles. The third kappa shape index (κ3) is 1.22. The second-order valence-corrected chi connectivity index (χ2v) is 3.87. The van der Waals surface area contributed by atoms with Crippen molar-refractivity contribution in [3.8, 4) is 0 Å². The van der Waals surface area contributed by atoms with Crippen molar-refractivity contribution in [3.63, 3.8) is 0 Å². The Morgan fingerprint density at radius 3 is 3.09 bits per heavy atom. The predicted octanol–water partition coefficient (Wildman–Crippen LogP) is 1.97. The van der Waals surface area contributed by atoms with Crippen molar-refractivity contribution in [1.29, 1.82) is 0 Å². The number of fused-ring (bicyclic) bond motifs is 1. The molecule has 0 aromatic carbocycles. The van der Waals surface area contributed by atoms with Gasteiger partial charge in [-0.1, -0.05) is 18.6 Å². The number of allylic oxidation sites excluding steroid dienone is 2. The number of aliphatic hydroxyl groups excluding tert-OH is 1. The number of hydrogen-bond donors (Lipinski definition) is 1. The lowest BCUT2D eigenvalue weighted by molar-refractivity contribution is 0.156. The zero-order valence-electron chi connectivity index (χ0n) is 6.87. The third-order valence-corrected chi connectivity index (χ3v) is 3.29. The zero-order chi connectivity index (χ0) is 7.68. The first-order chi connectivity index (χ1) is 5.42. The van der Waals surface area contributed by atoms with Crippen LogP contribution in [0.25, 0.3) is 0 Å². The smallest absolute Gasteiger partial charge is 0.0465 e. The first-order valence-electron chi connectivity index (χ1n) is 4.69. The summed E-state index contributed by atoms with van der Waals surface area (Å²) >= 11 is 0. The van der Waals surface area contributed by atoms with Crippen LogP contribution in [0, 0.1) is 17.8 Å². The average Bonchev–Trinajstić information content (AvgIpc) is 2.50. The number of aliphatic hydroxyl groups is 1. The van der Waals surface area contributed by atoms with Crippen molar-refractivity contribution >= 4 is 0 Å². The van der Waals surface area contributed by atoms with Crippen molar-refractivity contribution < 1.29 is 5.11 Å². The van der Waals surface area contributed by atoms with Crippen molar-refractivity contribution in [2.45, 2.75) is 25.7 Å². The minimum absolute atomic E-state index is 0.394. The van der Waals surface area contributed by atoms with Crippen LogP contribution in [0.2, 0.25) is 0 Å². The van der Waals surface area contributed by atoms with Crippen LogP contribution < -0.4 is 0 Å². The standard InChI is InChI=1S/C10H16O/c11-7-9-5-1-3-8-4-2-6-10(8)9/h1,3,8-11H,2,4-7H2/t8-,9+,10-/m1/s1. The Bertz CT molecular complexity index is 162. The van der Waals surface area contributed by atoms with E-state index < -0.39 is 0 Å². The van der Waals surface area contributed by atoms with Crippen LogP contribution >= 0.6 is 0 Å². The highest BCUT2D eigenvalue weighted by atomic mass is 16.3. The summed E-state index contributed by atoms with van der Waals surface area (Å²) in [5.41, 5.74) is 0. The minimum Gasteiger partial charge on any atom is -0.396 e. The molecule has 0 saturated heterocycles. The maximum Gasteiger partial charge on any atom is 0.0465 e. The Balaban J connectivity index is 2.09. The average molecular weight is 152 g/mol. The van der Waals surface area contributed by atoms with Crippen molar-refractivity contribution in [3.05, 3.63) is 12.2 Å². The van der Waals surface area contributed by atoms with Gasteiger partial charge in [0.1, 0.15) is 0 Å². The molecule has 2 aliphatic rings. The van der Waals surface area contributed by atoms with E-state index in [0.29, 0.717) is 12.5 Å². The highest BCUT2D eigenvalue weighted by molar-refractivity contribution is 5.02. The summed E-state index contributed by atoms with van der Waals surface area (Å²) in [4.78, 5) is 0. The molecule has 0 aliphatic heterocycles.